The van der Waals surface area contributed by atoms with E-state index in [1.165, 1.54) is 17.7 Å². The Kier molecular flexibility index (Phi) is 4.50. The van der Waals surface area contributed by atoms with E-state index in [9.17, 15) is 10.1 Å². The number of non-ortho nitro benzene ring substituents is 1. The normalized spacial score (nSPS) is 19.4. The number of hydrogen-bond acceptors (Lipinski definition) is 4. The molecule has 1 atom stereocenters. The van der Waals surface area contributed by atoms with Crippen LogP contribution in [0.4, 0.5) is 11.4 Å². The van der Waals surface area contributed by atoms with E-state index in [2.05, 4.69) is 23.5 Å². The third kappa shape index (κ3) is 3.66. The lowest BCUT2D eigenvalue weighted by Crippen LogP contribution is -2.15. The van der Waals surface area contributed by atoms with E-state index in [0.717, 1.165) is 30.7 Å². The van der Waals surface area contributed by atoms with Crippen LogP contribution in [0.3, 0.4) is 0 Å². The monoisotopic (exact) mass is 273 g/mol. The first kappa shape index (κ1) is 14.2. The second kappa shape index (κ2) is 6.32. The molecule has 1 aromatic carbocycles. The van der Waals surface area contributed by atoms with E-state index in [0.29, 0.717) is 5.92 Å². The Morgan fingerprint density at radius 2 is 2.10 bits per heavy atom. The van der Waals surface area contributed by atoms with Gasteiger partial charge in [-0.15, -0.1) is 0 Å². The molecule has 0 aromatic heterocycles. The van der Waals surface area contributed by atoms with Crippen molar-refractivity contribution < 1.29 is 4.92 Å². The molecular weight excluding hydrogens is 254 g/mol. The van der Waals surface area contributed by atoms with Crippen molar-refractivity contribution >= 4 is 17.1 Å². The van der Waals surface area contributed by atoms with Gasteiger partial charge >= 0.3 is 0 Å². The third-order valence-electron chi connectivity index (χ3n) is 3.67. The Hall–Kier alpha value is -2.17. The van der Waals surface area contributed by atoms with Crippen molar-refractivity contribution in [2.75, 3.05) is 5.43 Å². The highest BCUT2D eigenvalue weighted by Gasteiger charge is 2.15. The number of nitrogens with one attached hydrogen (secondary N) is 1. The van der Waals surface area contributed by atoms with Crippen LogP contribution in [0, 0.1) is 16.0 Å². The standard InChI is InChI=1S/C15H19N3O2/c1-11-3-5-13(6-4-11)12(2)16-17-14-7-9-15(10-8-14)18(19)20/h3,7-10,13,17H,4-6H2,1-2H3/t13-/m0/s1. The van der Waals surface area contributed by atoms with Crippen LogP contribution >= 0.6 is 0 Å². The molecule has 0 radical (unpaired) electrons. The van der Waals surface area contributed by atoms with Crippen LogP contribution in [-0.4, -0.2) is 10.6 Å². The number of allylic oxidation sites excluding steroid dienone is 2. The highest BCUT2D eigenvalue weighted by molar-refractivity contribution is 5.85. The zero-order valence-corrected chi connectivity index (χ0v) is 11.8. The van der Waals surface area contributed by atoms with Crippen molar-refractivity contribution in [3.8, 4) is 0 Å². The molecule has 0 saturated heterocycles. The summed E-state index contributed by atoms with van der Waals surface area (Å²) in [5.41, 5.74) is 6.34. The predicted molar refractivity (Wildman–Crippen MR) is 80.9 cm³/mol. The van der Waals surface area contributed by atoms with Crippen molar-refractivity contribution in [1.82, 2.24) is 0 Å². The van der Waals surface area contributed by atoms with Gasteiger partial charge in [-0.2, -0.15) is 5.10 Å². The maximum absolute atomic E-state index is 10.6. The highest BCUT2D eigenvalue weighted by atomic mass is 16.6. The minimum absolute atomic E-state index is 0.0872. The van der Waals surface area contributed by atoms with Gasteiger partial charge in [0.05, 0.1) is 10.6 Å². The maximum atomic E-state index is 10.6. The van der Waals surface area contributed by atoms with Gasteiger partial charge < -0.3 is 0 Å². The van der Waals surface area contributed by atoms with E-state index < -0.39 is 4.92 Å². The molecule has 1 aromatic rings. The summed E-state index contributed by atoms with van der Waals surface area (Å²) >= 11 is 0. The van der Waals surface area contributed by atoms with Crippen LogP contribution in [-0.2, 0) is 0 Å². The predicted octanol–water partition coefficient (Wildman–Crippen LogP) is 4.13. The zero-order valence-electron chi connectivity index (χ0n) is 11.8. The third-order valence-corrected chi connectivity index (χ3v) is 3.67. The maximum Gasteiger partial charge on any atom is 0.269 e. The lowest BCUT2D eigenvalue weighted by Gasteiger charge is -2.20. The fraction of sp³-hybridized carbons (Fsp3) is 0.400. The van der Waals surface area contributed by atoms with E-state index in [-0.39, 0.29) is 5.69 Å². The van der Waals surface area contributed by atoms with Crippen molar-refractivity contribution in [3.05, 3.63) is 46.0 Å². The first-order valence-electron chi connectivity index (χ1n) is 6.76. The Bertz CT molecular complexity index is 547. The summed E-state index contributed by atoms with van der Waals surface area (Å²) in [4.78, 5) is 10.2. The smallest absolute Gasteiger partial charge is 0.269 e. The summed E-state index contributed by atoms with van der Waals surface area (Å²) in [7, 11) is 0. The van der Waals surface area contributed by atoms with Gasteiger partial charge in [-0.05, 0) is 45.2 Å². The summed E-state index contributed by atoms with van der Waals surface area (Å²) in [5.74, 6) is 0.490. The van der Waals surface area contributed by atoms with Gasteiger partial charge in [-0.25, -0.2) is 0 Å². The van der Waals surface area contributed by atoms with Crippen molar-refractivity contribution in [3.63, 3.8) is 0 Å². The fourth-order valence-electron chi connectivity index (χ4n) is 2.25. The van der Waals surface area contributed by atoms with Gasteiger partial charge in [-0.3, -0.25) is 15.5 Å². The van der Waals surface area contributed by atoms with Crippen LogP contribution in [0.5, 0.6) is 0 Å². The number of nitro groups is 1. The van der Waals surface area contributed by atoms with Crippen LogP contribution < -0.4 is 5.43 Å². The first-order chi connectivity index (χ1) is 9.56. The summed E-state index contributed by atoms with van der Waals surface area (Å²) in [6, 6.07) is 6.28. The number of rotatable bonds is 4. The zero-order chi connectivity index (χ0) is 14.5. The second-order valence-electron chi connectivity index (χ2n) is 5.19. The first-order valence-corrected chi connectivity index (χ1v) is 6.76. The number of nitro benzene ring substituents is 1. The minimum atomic E-state index is -0.408. The van der Waals surface area contributed by atoms with Gasteiger partial charge in [-0.1, -0.05) is 11.6 Å². The Balaban J connectivity index is 1.96. The molecule has 0 saturated carbocycles. The minimum Gasteiger partial charge on any atom is -0.279 e. The van der Waals surface area contributed by atoms with E-state index in [1.54, 1.807) is 12.1 Å². The van der Waals surface area contributed by atoms with Crippen molar-refractivity contribution in [1.29, 1.82) is 0 Å². The number of benzene rings is 1. The molecule has 0 spiro atoms. The lowest BCUT2D eigenvalue weighted by atomic mass is 9.87. The van der Waals surface area contributed by atoms with Gasteiger partial charge in [0, 0.05) is 23.8 Å². The molecule has 20 heavy (non-hydrogen) atoms. The summed E-state index contributed by atoms with van der Waals surface area (Å²) in [6.45, 7) is 4.19. The van der Waals surface area contributed by atoms with Crippen LogP contribution in [0.25, 0.3) is 0 Å². The number of hydrazone groups is 1. The largest absolute Gasteiger partial charge is 0.279 e. The molecule has 5 heteroatoms. The Morgan fingerprint density at radius 1 is 1.40 bits per heavy atom. The van der Waals surface area contributed by atoms with Crippen LogP contribution in [0.15, 0.2) is 41.0 Å². The fourth-order valence-corrected chi connectivity index (χ4v) is 2.25. The topological polar surface area (TPSA) is 67.5 Å². The van der Waals surface area contributed by atoms with Gasteiger partial charge in [0.15, 0.2) is 0 Å². The van der Waals surface area contributed by atoms with E-state index in [1.807, 2.05) is 6.92 Å². The molecule has 5 nitrogen and oxygen atoms in total. The summed E-state index contributed by atoms with van der Waals surface area (Å²) in [6.07, 6.45) is 5.59. The molecule has 1 N–H and O–H groups in total. The highest BCUT2D eigenvalue weighted by Crippen LogP contribution is 2.24. The van der Waals surface area contributed by atoms with Crippen LogP contribution in [0.2, 0.25) is 0 Å². The number of anilines is 1. The van der Waals surface area contributed by atoms with Gasteiger partial charge in [0.1, 0.15) is 0 Å². The Morgan fingerprint density at radius 3 is 2.65 bits per heavy atom. The molecule has 0 amide bonds. The molecule has 1 aliphatic carbocycles. The second-order valence-corrected chi connectivity index (χ2v) is 5.19. The molecule has 0 bridgehead atoms. The number of hydrogen-bond donors (Lipinski definition) is 1. The van der Waals surface area contributed by atoms with Crippen LogP contribution in [0.1, 0.15) is 33.1 Å². The average molecular weight is 273 g/mol. The Labute approximate surface area is 118 Å². The molecular formula is C15H19N3O2. The van der Waals surface area contributed by atoms with Crippen molar-refractivity contribution in [2.45, 2.75) is 33.1 Å². The average Bonchev–Trinajstić information content (AvgIpc) is 2.46. The summed E-state index contributed by atoms with van der Waals surface area (Å²) in [5, 5.41) is 14.9. The van der Waals surface area contributed by atoms with Crippen molar-refractivity contribution in [2.24, 2.45) is 11.0 Å². The lowest BCUT2D eigenvalue weighted by molar-refractivity contribution is -0.384. The molecule has 0 aliphatic heterocycles. The molecule has 0 fully saturated rings. The quantitative estimate of drug-likeness (QED) is 0.388. The van der Waals surface area contributed by atoms with E-state index in [4.69, 9.17) is 0 Å². The van der Waals surface area contributed by atoms with Gasteiger partial charge in [0.2, 0.25) is 0 Å². The molecule has 1 aliphatic rings. The molecule has 2 rings (SSSR count). The summed E-state index contributed by atoms with van der Waals surface area (Å²) < 4.78 is 0. The van der Waals surface area contributed by atoms with E-state index >= 15 is 0 Å². The number of nitrogens with zero attached hydrogens (tertiary/aromatic N) is 2. The SMILES string of the molecule is CC1=CC[C@H](C(C)=NNc2ccc([N+](=O)[O-])cc2)CC1. The molecule has 0 heterocycles. The van der Waals surface area contributed by atoms with Gasteiger partial charge in [0.25, 0.3) is 5.69 Å². The molecule has 106 valence electrons. The molecule has 0 unspecified atom stereocenters.